The van der Waals surface area contributed by atoms with Gasteiger partial charge in [-0.1, -0.05) is 29.3 Å². The minimum Gasteiger partial charge on any atom is -0.308 e. The van der Waals surface area contributed by atoms with Crippen molar-refractivity contribution in [1.29, 1.82) is 0 Å². The third-order valence-corrected chi connectivity index (χ3v) is 4.53. The molecule has 0 saturated heterocycles. The quantitative estimate of drug-likeness (QED) is 0.907. The molecule has 1 aromatic carbocycles. The maximum absolute atomic E-state index is 6.19. The first-order valence-corrected chi connectivity index (χ1v) is 7.44. The highest BCUT2D eigenvalue weighted by Crippen LogP contribution is 2.37. The predicted molar refractivity (Wildman–Crippen MR) is 77.4 cm³/mol. The van der Waals surface area contributed by atoms with Gasteiger partial charge in [-0.3, -0.25) is 0 Å². The van der Waals surface area contributed by atoms with E-state index in [1.165, 1.54) is 12.8 Å². The van der Waals surface area contributed by atoms with Gasteiger partial charge >= 0.3 is 0 Å². The minimum atomic E-state index is 0.674. The first kappa shape index (κ1) is 12.4. The number of benzene rings is 1. The molecule has 0 aliphatic heterocycles. The zero-order chi connectivity index (χ0) is 12.5. The molecule has 0 radical (unpaired) electrons. The Morgan fingerprint density at radius 3 is 2.67 bits per heavy atom. The van der Waals surface area contributed by atoms with Gasteiger partial charge in [-0.05, 0) is 25.0 Å². The van der Waals surface area contributed by atoms with Crippen molar-refractivity contribution < 1.29 is 0 Å². The van der Waals surface area contributed by atoms with Crippen molar-refractivity contribution in [2.45, 2.75) is 25.4 Å². The van der Waals surface area contributed by atoms with Crippen LogP contribution in [-0.4, -0.2) is 11.0 Å². The highest BCUT2D eigenvalue weighted by Gasteiger charge is 2.20. The van der Waals surface area contributed by atoms with Gasteiger partial charge in [-0.25, -0.2) is 4.98 Å². The Bertz CT molecular complexity index is 544. The standard InChI is InChI=1S/C13H12Cl2N2S/c14-9-2-1-3-10(15)13(9)11-6-17-12(18-11)7-16-8-4-5-8/h1-3,6,8,16H,4-5,7H2. The van der Waals surface area contributed by atoms with Crippen LogP contribution in [-0.2, 0) is 6.54 Å². The Balaban J connectivity index is 1.83. The van der Waals surface area contributed by atoms with Gasteiger partial charge in [0.05, 0.1) is 14.9 Å². The van der Waals surface area contributed by atoms with Gasteiger partial charge in [-0.2, -0.15) is 0 Å². The van der Waals surface area contributed by atoms with Gasteiger partial charge in [0, 0.05) is 24.3 Å². The molecule has 1 aromatic heterocycles. The highest BCUT2D eigenvalue weighted by atomic mass is 35.5. The average molecular weight is 299 g/mol. The normalized spacial score (nSPS) is 15.0. The molecule has 2 aromatic rings. The maximum Gasteiger partial charge on any atom is 0.107 e. The lowest BCUT2D eigenvalue weighted by molar-refractivity contribution is 0.684. The molecular formula is C13H12Cl2N2S. The maximum atomic E-state index is 6.19. The van der Waals surface area contributed by atoms with Crippen molar-refractivity contribution in [2.24, 2.45) is 0 Å². The molecule has 1 saturated carbocycles. The summed E-state index contributed by atoms with van der Waals surface area (Å²) < 4.78 is 0. The van der Waals surface area contributed by atoms with Crippen molar-refractivity contribution in [3.8, 4) is 10.4 Å². The second kappa shape index (κ2) is 5.17. The summed E-state index contributed by atoms with van der Waals surface area (Å²) in [5.74, 6) is 0. The summed E-state index contributed by atoms with van der Waals surface area (Å²) in [6, 6.07) is 6.25. The Morgan fingerprint density at radius 2 is 2.00 bits per heavy atom. The molecule has 0 bridgehead atoms. The van der Waals surface area contributed by atoms with Crippen molar-refractivity contribution >= 4 is 34.5 Å². The smallest absolute Gasteiger partial charge is 0.107 e. The number of thiazole rings is 1. The third kappa shape index (κ3) is 2.69. The largest absolute Gasteiger partial charge is 0.308 e. The Morgan fingerprint density at radius 1 is 1.28 bits per heavy atom. The molecule has 2 nitrogen and oxygen atoms in total. The average Bonchev–Trinajstić information content (AvgIpc) is 3.06. The molecule has 0 atom stereocenters. The fraction of sp³-hybridized carbons (Fsp3) is 0.308. The number of nitrogens with zero attached hydrogens (tertiary/aromatic N) is 1. The molecule has 18 heavy (non-hydrogen) atoms. The second-order valence-corrected chi connectivity index (χ2v) is 6.30. The molecule has 1 aliphatic rings. The van der Waals surface area contributed by atoms with Crippen LogP contribution in [0.15, 0.2) is 24.4 Å². The van der Waals surface area contributed by atoms with Gasteiger partial charge in [-0.15, -0.1) is 11.3 Å². The van der Waals surface area contributed by atoms with E-state index in [4.69, 9.17) is 23.2 Å². The van der Waals surface area contributed by atoms with E-state index in [9.17, 15) is 0 Å². The first-order chi connectivity index (χ1) is 8.74. The van der Waals surface area contributed by atoms with Gasteiger partial charge in [0.2, 0.25) is 0 Å². The molecule has 1 N–H and O–H groups in total. The molecule has 5 heteroatoms. The van der Waals surface area contributed by atoms with Gasteiger partial charge in [0.1, 0.15) is 5.01 Å². The van der Waals surface area contributed by atoms with Crippen LogP contribution in [0, 0.1) is 0 Å². The summed E-state index contributed by atoms with van der Waals surface area (Å²) in [7, 11) is 0. The molecule has 3 rings (SSSR count). The summed E-state index contributed by atoms with van der Waals surface area (Å²) >= 11 is 14.0. The van der Waals surface area contributed by atoms with Crippen molar-refractivity contribution in [3.05, 3.63) is 39.4 Å². The van der Waals surface area contributed by atoms with E-state index in [1.807, 2.05) is 24.4 Å². The number of hydrogen-bond donors (Lipinski definition) is 1. The summed E-state index contributed by atoms with van der Waals surface area (Å²) in [4.78, 5) is 5.44. The SMILES string of the molecule is Clc1cccc(Cl)c1-c1cnc(CNC2CC2)s1. The van der Waals surface area contributed by atoms with Gasteiger partial charge < -0.3 is 5.32 Å². The first-order valence-electron chi connectivity index (χ1n) is 5.86. The molecule has 0 spiro atoms. The number of nitrogens with one attached hydrogen (secondary N) is 1. The number of rotatable bonds is 4. The van der Waals surface area contributed by atoms with Crippen molar-refractivity contribution in [2.75, 3.05) is 0 Å². The van der Waals surface area contributed by atoms with Crippen LogP contribution in [0.2, 0.25) is 10.0 Å². The minimum absolute atomic E-state index is 0.674. The monoisotopic (exact) mass is 298 g/mol. The van der Waals surface area contributed by atoms with Gasteiger partial charge in [0.15, 0.2) is 0 Å². The Kier molecular flexibility index (Phi) is 3.57. The summed E-state index contributed by atoms with van der Waals surface area (Å²) in [6.45, 7) is 0.831. The fourth-order valence-corrected chi connectivity index (χ4v) is 3.42. The molecule has 0 unspecified atom stereocenters. The van der Waals surface area contributed by atoms with Crippen LogP contribution in [0.4, 0.5) is 0 Å². The van der Waals surface area contributed by atoms with E-state index in [0.717, 1.165) is 22.0 Å². The zero-order valence-electron chi connectivity index (χ0n) is 9.62. The van der Waals surface area contributed by atoms with E-state index < -0.39 is 0 Å². The van der Waals surface area contributed by atoms with E-state index in [1.54, 1.807) is 11.3 Å². The van der Waals surface area contributed by atoms with E-state index >= 15 is 0 Å². The second-order valence-electron chi connectivity index (χ2n) is 4.37. The van der Waals surface area contributed by atoms with Crippen LogP contribution in [0.3, 0.4) is 0 Å². The van der Waals surface area contributed by atoms with Crippen LogP contribution in [0.1, 0.15) is 17.8 Å². The third-order valence-electron chi connectivity index (χ3n) is 2.88. The predicted octanol–water partition coefficient (Wildman–Crippen LogP) is 4.37. The lowest BCUT2D eigenvalue weighted by Gasteiger charge is -2.02. The number of aromatic nitrogens is 1. The van der Waals surface area contributed by atoms with Crippen LogP contribution in [0.25, 0.3) is 10.4 Å². The summed E-state index contributed by atoms with van der Waals surface area (Å²) in [6.07, 6.45) is 4.42. The molecule has 0 amide bonds. The summed E-state index contributed by atoms with van der Waals surface area (Å²) in [5, 5.41) is 5.87. The summed E-state index contributed by atoms with van der Waals surface area (Å²) in [5.41, 5.74) is 0.885. The van der Waals surface area contributed by atoms with Crippen molar-refractivity contribution in [1.82, 2.24) is 10.3 Å². The van der Waals surface area contributed by atoms with E-state index in [2.05, 4.69) is 10.3 Å². The molecule has 1 aliphatic carbocycles. The molecule has 94 valence electrons. The molecule has 1 fully saturated rings. The topological polar surface area (TPSA) is 24.9 Å². The Labute approximate surface area is 120 Å². The number of hydrogen-bond acceptors (Lipinski definition) is 3. The highest BCUT2D eigenvalue weighted by molar-refractivity contribution is 7.15. The number of halogens is 2. The molecular weight excluding hydrogens is 287 g/mol. The Hall–Kier alpha value is -0.610. The fourth-order valence-electron chi connectivity index (χ4n) is 1.76. The van der Waals surface area contributed by atoms with Crippen LogP contribution < -0.4 is 5.32 Å². The van der Waals surface area contributed by atoms with E-state index in [0.29, 0.717) is 16.1 Å². The van der Waals surface area contributed by atoms with Crippen LogP contribution in [0.5, 0.6) is 0 Å². The lowest BCUT2D eigenvalue weighted by Crippen LogP contribution is -2.14. The van der Waals surface area contributed by atoms with Crippen molar-refractivity contribution in [3.63, 3.8) is 0 Å². The van der Waals surface area contributed by atoms with E-state index in [-0.39, 0.29) is 0 Å². The van der Waals surface area contributed by atoms with Gasteiger partial charge in [0.25, 0.3) is 0 Å². The van der Waals surface area contributed by atoms with Crippen LogP contribution >= 0.6 is 34.5 Å². The zero-order valence-corrected chi connectivity index (χ0v) is 11.9. The lowest BCUT2D eigenvalue weighted by atomic mass is 10.2. The molecule has 1 heterocycles.